The molecule has 0 N–H and O–H groups in total. The first-order valence-corrected chi connectivity index (χ1v) is 6.63. The predicted molar refractivity (Wildman–Crippen MR) is 79.1 cm³/mol. The predicted octanol–water partition coefficient (Wildman–Crippen LogP) is 3.82. The highest BCUT2D eigenvalue weighted by atomic mass is 16.6. The van der Waals surface area contributed by atoms with Crippen LogP contribution in [0.25, 0.3) is 21.9 Å². The van der Waals surface area contributed by atoms with Crippen molar-refractivity contribution in [1.82, 2.24) is 0 Å². The summed E-state index contributed by atoms with van der Waals surface area (Å²) in [7, 11) is 0. The summed E-state index contributed by atoms with van der Waals surface area (Å²) < 4.78 is 4.82. The monoisotopic (exact) mass is 274 g/mol. The van der Waals surface area contributed by atoms with Crippen LogP contribution in [0.2, 0.25) is 0 Å². The molecule has 0 spiro atoms. The number of esters is 2. The van der Waals surface area contributed by atoms with Crippen molar-refractivity contribution in [3.63, 3.8) is 0 Å². The summed E-state index contributed by atoms with van der Waals surface area (Å²) >= 11 is 0. The van der Waals surface area contributed by atoms with E-state index in [0.29, 0.717) is 16.5 Å². The van der Waals surface area contributed by atoms with Gasteiger partial charge < -0.3 is 4.74 Å². The smallest absolute Gasteiger partial charge is 0.346 e. The first-order valence-electron chi connectivity index (χ1n) is 6.63. The van der Waals surface area contributed by atoms with E-state index in [1.165, 1.54) is 0 Å². The first kappa shape index (κ1) is 11.9. The Labute approximate surface area is 120 Å². The minimum Gasteiger partial charge on any atom is -0.386 e. The van der Waals surface area contributed by atoms with Gasteiger partial charge in [-0.1, -0.05) is 42.5 Å². The maximum Gasteiger partial charge on any atom is 0.346 e. The summed E-state index contributed by atoms with van der Waals surface area (Å²) in [6.07, 6.45) is 0. The first-order chi connectivity index (χ1) is 10.2. The maximum absolute atomic E-state index is 12.0. The van der Waals surface area contributed by atoms with E-state index in [-0.39, 0.29) is 0 Å². The van der Waals surface area contributed by atoms with E-state index in [0.717, 1.165) is 16.5 Å². The van der Waals surface area contributed by atoms with Crippen molar-refractivity contribution in [2.24, 2.45) is 0 Å². The van der Waals surface area contributed by atoms with E-state index in [2.05, 4.69) is 0 Å². The molecule has 3 nitrogen and oxygen atoms in total. The van der Waals surface area contributed by atoms with Crippen molar-refractivity contribution in [1.29, 1.82) is 0 Å². The third-order valence-corrected chi connectivity index (χ3v) is 3.71. The number of hydrogen-bond donors (Lipinski definition) is 0. The van der Waals surface area contributed by atoms with Crippen molar-refractivity contribution in [3.05, 3.63) is 71.8 Å². The van der Waals surface area contributed by atoms with Gasteiger partial charge in [0.15, 0.2) is 0 Å². The summed E-state index contributed by atoms with van der Waals surface area (Å²) in [5.41, 5.74) is 2.84. The lowest BCUT2D eigenvalue weighted by atomic mass is 9.93. The lowest BCUT2D eigenvalue weighted by Crippen LogP contribution is -2.19. The molecule has 0 unspecified atom stereocenters. The summed E-state index contributed by atoms with van der Waals surface area (Å²) in [5, 5.41) is 1.55. The molecular formula is C18H10O3. The Morgan fingerprint density at radius 3 is 2.24 bits per heavy atom. The average molecular weight is 274 g/mol. The Bertz CT molecular complexity index is 895. The summed E-state index contributed by atoms with van der Waals surface area (Å²) in [6.45, 7) is 0. The molecule has 0 saturated carbocycles. The number of ether oxygens (including phenoxy) is 1. The largest absolute Gasteiger partial charge is 0.386 e. The Morgan fingerprint density at radius 2 is 1.43 bits per heavy atom. The number of benzene rings is 3. The number of carbonyl (C=O) groups is 2. The van der Waals surface area contributed by atoms with Crippen LogP contribution in [0.4, 0.5) is 0 Å². The summed E-state index contributed by atoms with van der Waals surface area (Å²) in [5.74, 6) is -1.16. The van der Waals surface area contributed by atoms with Crippen LogP contribution >= 0.6 is 0 Å². The van der Waals surface area contributed by atoms with Gasteiger partial charge in [0, 0.05) is 5.39 Å². The quantitative estimate of drug-likeness (QED) is 0.500. The zero-order chi connectivity index (χ0) is 14.4. The second-order valence-electron chi connectivity index (χ2n) is 4.97. The molecule has 0 fully saturated rings. The normalized spacial score (nSPS) is 13.3. The fourth-order valence-electron chi connectivity index (χ4n) is 2.75. The zero-order valence-electron chi connectivity index (χ0n) is 11.0. The fraction of sp³-hybridized carbons (Fsp3) is 0. The van der Waals surface area contributed by atoms with E-state index < -0.39 is 11.9 Å². The Hall–Kier alpha value is -2.94. The van der Waals surface area contributed by atoms with Crippen molar-refractivity contribution in [3.8, 4) is 11.1 Å². The van der Waals surface area contributed by atoms with Gasteiger partial charge >= 0.3 is 11.9 Å². The van der Waals surface area contributed by atoms with E-state index in [1.54, 1.807) is 18.2 Å². The van der Waals surface area contributed by atoms with Gasteiger partial charge in [0.2, 0.25) is 0 Å². The van der Waals surface area contributed by atoms with E-state index in [4.69, 9.17) is 4.74 Å². The topological polar surface area (TPSA) is 43.4 Å². The van der Waals surface area contributed by atoms with Crippen LogP contribution in [0.5, 0.6) is 0 Å². The summed E-state index contributed by atoms with van der Waals surface area (Å²) in [6, 6.07) is 19.0. The maximum atomic E-state index is 12.0. The number of hydrogen-bond acceptors (Lipinski definition) is 3. The minimum absolute atomic E-state index is 0.446. The zero-order valence-corrected chi connectivity index (χ0v) is 11.0. The molecule has 0 radical (unpaired) electrons. The number of cyclic esters (lactones) is 2. The van der Waals surface area contributed by atoms with Crippen LogP contribution in [0.15, 0.2) is 60.7 Å². The van der Waals surface area contributed by atoms with Crippen molar-refractivity contribution in [2.45, 2.75) is 0 Å². The second-order valence-corrected chi connectivity index (χ2v) is 4.97. The molecule has 21 heavy (non-hydrogen) atoms. The molecule has 100 valence electrons. The Kier molecular flexibility index (Phi) is 2.42. The average Bonchev–Trinajstić information content (AvgIpc) is 2.53. The van der Waals surface area contributed by atoms with E-state index >= 15 is 0 Å². The number of carbonyl (C=O) groups excluding carboxylic acids is 2. The molecule has 3 aromatic rings. The molecule has 1 heterocycles. The highest BCUT2D eigenvalue weighted by Gasteiger charge is 2.27. The molecule has 4 rings (SSSR count). The minimum atomic E-state index is -0.582. The third kappa shape index (κ3) is 1.75. The standard InChI is InChI=1S/C18H10O3/c19-17-14-8-4-7-12-9-13(11-5-2-1-3-6-11)10-15(16(12)14)18(20)21-17/h1-10H. The van der Waals surface area contributed by atoms with Gasteiger partial charge in [-0.15, -0.1) is 0 Å². The molecule has 0 amide bonds. The molecule has 0 saturated heterocycles. The highest BCUT2D eigenvalue weighted by Crippen LogP contribution is 2.33. The molecule has 1 aliphatic rings. The van der Waals surface area contributed by atoms with Crippen molar-refractivity contribution >= 4 is 22.7 Å². The molecule has 1 aliphatic heterocycles. The van der Waals surface area contributed by atoms with Crippen molar-refractivity contribution < 1.29 is 14.3 Å². The molecule has 3 aromatic carbocycles. The molecular weight excluding hydrogens is 264 g/mol. The van der Waals surface area contributed by atoms with Crippen LogP contribution in [0.1, 0.15) is 20.7 Å². The Balaban J connectivity index is 2.08. The van der Waals surface area contributed by atoms with Gasteiger partial charge in [0.25, 0.3) is 0 Å². The van der Waals surface area contributed by atoms with Gasteiger partial charge in [-0.2, -0.15) is 0 Å². The van der Waals surface area contributed by atoms with E-state index in [9.17, 15) is 9.59 Å². The molecule has 0 aliphatic carbocycles. The van der Waals surface area contributed by atoms with Gasteiger partial charge in [0.1, 0.15) is 0 Å². The molecule has 0 atom stereocenters. The second kappa shape index (κ2) is 4.28. The Morgan fingerprint density at radius 1 is 0.667 bits per heavy atom. The van der Waals surface area contributed by atoms with Gasteiger partial charge in [-0.05, 0) is 34.7 Å². The molecule has 3 heteroatoms. The van der Waals surface area contributed by atoms with Crippen LogP contribution in [-0.2, 0) is 4.74 Å². The third-order valence-electron chi connectivity index (χ3n) is 3.71. The van der Waals surface area contributed by atoms with Crippen molar-refractivity contribution in [2.75, 3.05) is 0 Å². The fourth-order valence-corrected chi connectivity index (χ4v) is 2.75. The van der Waals surface area contributed by atoms with Crippen LogP contribution < -0.4 is 0 Å². The van der Waals surface area contributed by atoms with Crippen LogP contribution in [0, 0.1) is 0 Å². The molecule has 0 bridgehead atoms. The molecule has 0 aromatic heterocycles. The van der Waals surface area contributed by atoms with Crippen LogP contribution in [-0.4, -0.2) is 11.9 Å². The lowest BCUT2D eigenvalue weighted by molar-refractivity contribution is 0.0391. The lowest BCUT2D eigenvalue weighted by Gasteiger charge is -2.16. The van der Waals surface area contributed by atoms with Gasteiger partial charge in [-0.25, -0.2) is 9.59 Å². The summed E-state index contributed by atoms with van der Waals surface area (Å²) in [4.78, 5) is 23.8. The number of rotatable bonds is 1. The van der Waals surface area contributed by atoms with E-state index in [1.807, 2.05) is 42.5 Å². The van der Waals surface area contributed by atoms with Crippen LogP contribution in [0.3, 0.4) is 0 Å². The van der Waals surface area contributed by atoms with Gasteiger partial charge in [-0.3, -0.25) is 0 Å². The SMILES string of the molecule is O=C1OC(=O)c2cc(-c3ccccc3)cc3cccc1c23. The van der Waals surface area contributed by atoms with Gasteiger partial charge in [0.05, 0.1) is 11.1 Å². The highest BCUT2D eigenvalue weighted by molar-refractivity contribution is 6.21.